The second kappa shape index (κ2) is 10.5. The lowest BCUT2D eigenvalue weighted by atomic mass is 9.55. The maximum atomic E-state index is 14.4. The van der Waals surface area contributed by atoms with E-state index in [1.54, 1.807) is 0 Å². The Balaban J connectivity index is 1.34. The number of carbonyl (C=O) groups is 4. The van der Waals surface area contributed by atoms with Crippen LogP contribution in [0, 0.1) is 11.8 Å². The van der Waals surface area contributed by atoms with E-state index in [1.807, 2.05) is 48.5 Å². The molecular weight excluding hydrogens is 630 g/mol. The fourth-order valence-electron chi connectivity index (χ4n) is 6.85. The van der Waals surface area contributed by atoms with E-state index in [4.69, 9.17) is 46.4 Å². The van der Waals surface area contributed by atoms with Crippen molar-refractivity contribution in [1.82, 2.24) is 10.0 Å². The summed E-state index contributed by atoms with van der Waals surface area (Å²) in [5, 5.41) is 2.51. The zero-order valence-corrected chi connectivity index (χ0v) is 25.2. The van der Waals surface area contributed by atoms with Gasteiger partial charge in [0, 0.05) is 28.0 Å². The van der Waals surface area contributed by atoms with Gasteiger partial charge in [-0.15, -0.1) is 0 Å². The number of benzene rings is 4. The fraction of sp³-hybridized carbons (Fsp3) is 0.152. The van der Waals surface area contributed by atoms with Gasteiger partial charge in [0.2, 0.25) is 0 Å². The summed E-state index contributed by atoms with van der Waals surface area (Å²) in [6, 6.07) is 24.2. The Labute approximate surface area is 266 Å². The number of hydrazine groups is 1. The first kappa shape index (κ1) is 28.1. The molecule has 2 atom stereocenters. The van der Waals surface area contributed by atoms with Crippen LogP contribution in [0.1, 0.15) is 54.8 Å². The molecule has 0 saturated carbocycles. The molecule has 0 N–H and O–H groups in total. The Kier molecular flexibility index (Phi) is 6.86. The summed E-state index contributed by atoms with van der Waals surface area (Å²) in [6.45, 7) is -0.632. The number of carbonyl (C=O) groups excluding carboxylic acids is 4. The molecule has 3 aliphatic carbocycles. The molecule has 2 bridgehead atoms. The van der Waals surface area contributed by atoms with Crippen molar-refractivity contribution in [2.24, 2.45) is 11.8 Å². The van der Waals surface area contributed by atoms with E-state index in [1.165, 1.54) is 36.4 Å². The van der Waals surface area contributed by atoms with E-state index in [2.05, 4.69) is 0 Å². The van der Waals surface area contributed by atoms with Crippen molar-refractivity contribution in [1.29, 1.82) is 0 Å². The van der Waals surface area contributed by atoms with Crippen LogP contribution in [0.25, 0.3) is 0 Å². The molecule has 0 radical (unpaired) electrons. The molecule has 1 heterocycles. The molecule has 0 aromatic heterocycles. The molecule has 0 spiro atoms. The molecule has 3 amide bonds. The van der Waals surface area contributed by atoms with Crippen molar-refractivity contribution in [2.45, 2.75) is 11.8 Å². The van der Waals surface area contributed by atoms with Crippen LogP contribution in [-0.2, 0) is 9.59 Å². The zero-order valence-electron chi connectivity index (χ0n) is 22.1. The number of rotatable bonds is 5. The minimum atomic E-state index is -0.764. The molecule has 1 aliphatic heterocycles. The standard InChI is InChI=1S/C33H20Cl4N2O4/c34-17-10-11-22(24(36)14-17)26(40)15-38(31(41)16-9-12-23(35)25(37)13-16)39-32(42)29-27-18-5-1-2-6-19(18)28(30(29)33(39)43)21-8-4-3-7-20(21)27/h1-14,27-30H,15H2/t27?,28?,29-,30-/m0/s1. The molecule has 4 aromatic rings. The van der Waals surface area contributed by atoms with Crippen LogP contribution in [0.2, 0.25) is 20.1 Å². The molecule has 8 rings (SSSR count). The Morgan fingerprint density at radius 1 is 0.651 bits per heavy atom. The normalized spacial score (nSPS) is 21.3. The monoisotopic (exact) mass is 648 g/mol. The van der Waals surface area contributed by atoms with Crippen molar-refractivity contribution in [2.75, 3.05) is 6.54 Å². The molecule has 43 heavy (non-hydrogen) atoms. The highest BCUT2D eigenvalue weighted by Gasteiger charge is 2.63. The maximum absolute atomic E-state index is 14.4. The summed E-state index contributed by atoms with van der Waals surface area (Å²) in [6.07, 6.45) is 0. The van der Waals surface area contributed by atoms with E-state index in [0.29, 0.717) is 5.02 Å². The molecule has 4 aromatic carbocycles. The highest BCUT2D eigenvalue weighted by atomic mass is 35.5. The van der Waals surface area contributed by atoms with Gasteiger partial charge in [0.25, 0.3) is 17.7 Å². The molecule has 6 nitrogen and oxygen atoms in total. The van der Waals surface area contributed by atoms with Crippen LogP contribution in [0.4, 0.5) is 0 Å². The van der Waals surface area contributed by atoms with Gasteiger partial charge in [0.15, 0.2) is 5.78 Å². The van der Waals surface area contributed by atoms with Gasteiger partial charge in [-0.05, 0) is 58.7 Å². The number of imide groups is 1. The highest BCUT2D eigenvalue weighted by molar-refractivity contribution is 6.42. The van der Waals surface area contributed by atoms with Gasteiger partial charge in [-0.2, -0.15) is 5.01 Å². The lowest BCUT2D eigenvalue weighted by Gasteiger charge is -2.45. The van der Waals surface area contributed by atoms with Crippen LogP contribution < -0.4 is 0 Å². The summed E-state index contributed by atoms with van der Waals surface area (Å²) in [7, 11) is 0. The van der Waals surface area contributed by atoms with Crippen molar-refractivity contribution in [3.05, 3.63) is 138 Å². The van der Waals surface area contributed by atoms with E-state index < -0.39 is 41.9 Å². The van der Waals surface area contributed by atoms with Gasteiger partial charge in [0.1, 0.15) is 6.54 Å². The average Bonchev–Trinajstić information content (AvgIpc) is 3.26. The average molecular weight is 650 g/mol. The zero-order chi connectivity index (χ0) is 30.2. The summed E-state index contributed by atoms with van der Waals surface area (Å²) in [5.74, 6) is -4.70. The number of Topliss-reactive ketones (excluding diaryl/α,β-unsaturated/α-hetero) is 1. The Hall–Kier alpha value is -3.68. The third-order valence-corrected chi connectivity index (χ3v) is 9.88. The van der Waals surface area contributed by atoms with E-state index in [-0.39, 0.29) is 38.0 Å². The predicted molar refractivity (Wildman–Crippen MR) is 164 cm³/mol. The van der Waals surface area contributed by atoms with Crippen molar-refractivity contribution in [3.8, 4) is 0 Å². The van der Waals surface area contributed by atoms with Gasteiger partial charge in [0.05, 0.1) is 26.9 Å². The molecule has 0 unspecified atom stereocenters. The quantitative estimate of drug-likeness (QED) is 0.166. The molecule has 214 valence electrons. The van der Waals surface area contributed by atoms with Gasteiger partial charge < -0.3 is 0 Å². The third kappa shape index (κ3) is 4.31. The summed E-state index contributed by atoms with van der Waals surface area (Å²) >= 11 is 24.7. The number of halogens is 4. The number of nitrogens with zero attached hydrogens (tertiary/aromatic N) is 2. The summed E-state index contributed by atoms with van der Waals surface area (Å²) in [4.78, 5) is 56.5. The second-order valence-electron chi connectivity index (χ2n) is 10.8. The molecule has 1 saturated heterocycles. The van der Waals surface area contributed by atoms with Crippen LogP contribution in [-0.4, -0.2) is 40.1 Å². The van der Waals surface area contributed by atoms with Gasteiger partial charge in [-0.25, -0.2) is 5.01 Å². The van der Waals surface area contributed by atoms with Crippen LogP contribution in [0.5, 0.6) is 0 Å². The number of amides is 3. The Morgan fingerprint density at radius 2 is 1.19 bits per heavy atom. The molecule has 10 heteroatoms. The van der Waals surface area contributed by atoms with E-state index in [9.17, 15) is 19.2 Å². The smallest absolute Gasteiger partial charge is 0.273 e. The van der Waals surface area contributed by atoms with Gasteiger partial charge in [-0.3, -0.25) is 19.2 Å². The molecular formula is C33H20Cl4N2O4. The Bertz CT molecular complexity index is 1780. The number of hydrogen-bond acceptors (Lipinski definition) is 4. The van der Waals surface area contributed by atoms with E-state index >= 15 is 0 Å². The predicted octanol–water partition coefficient (Wildman–Crippen LogP) is 7.43. The first-order valence-corrected chi connectivity index (χ1v) is 15.0. The van der Waals surface area contributed by atoms with Crippen LogP contribution in [0.3, 0.4) is 0 Å². The Morgan fingerprint density at radius 3 is 1.67 bits per heavy atom. The maximum Gasteiger partial charge on any atom is 0.273 e. The van der Waals surface area contributed by atoms with Crippen molar-refractivity contribution in [3.63, 3.8) is 0 Å². The first-order chi connectivity index (χ1) is 20.7. The van der Waals surface area contributed by atoms with E-state index in [0.717, 1.165) is 32.3 Å². The number of hydrogen-bond donors (Lipinski definition) is 0. The fourth-order valence-corrected chi connectivity index (χ4v) is 7.66. The summed E-state index contributed by atoms with van der Waals surface area (Å²) < 4.78 is 0. The number of ketones is 1. The molecule has 1 fully saturated rings. The minimum absolute atomic E-state index is 0.0504. The van der Waals surface area contributed by atoms with Crippen LogP contribution >= 0.6 is 46.4 Å². The first-order valence-electron chi connectivity index (χ1n) is 13.5. The van der Waals surface area contributed by atoms with Crippen molar-refractivity contribution < 1.29 is 19.2 Å². The lowest BCUT2D eigenvalue weighted by Crippen LogP contribution is -2.52. The lowest BCUT2D eigenvalue weighted by molar-refractivity contribution is -0.154. The largest absolute Gasteiger partial charge is 0.292 e. The second-order valence-corrected chi connectivity index (χ2v) is 12.5. The van der Waals surface area contributed by atoms with Gasteiger partial charge >= 0.3 is 0 Å². The van der Waals surface area contributed by atoms with Gasteiger partial charge in [-0.1, -0.05) is 94.9 Å². The minimum Gasteiger partial charge on any atom is -0.292 e. The third-order valence-electron chi connectivity index (χ3n) is 8.59. The summed E-state index contributed by atoms with van der Waals surface area (Å²) in [5.41, 5.74) is 4.09. The van der Waals surface area contributed by atoms with Crippen molar-refractivity contribution >= 4 is 69.9 Å². The molecule has 4 aliphatic rings. The topological polar surface area (TPSA) is 74.8 Å². The highest BCUT2D eigenvalue weighted by Crippen LogP contribution is 2.61. The van der Waals surface area contributed by atoms with Crippen LogP contribution in [0.15, 0.2) is 84.9 Å². The SMILES string of the molecule is O=C(CN(C(=O)c1ccc(Cl)c(Cl)c1)N1C(=O)[C@H]2C3c4ccccc4C(c4ccccc43)[C@@H]2C1=O)c1ccc(Cl)cc1Cl.